The van der Waals surface area contributed by atoms with Crippen molar-refractivity contribution < 1.29 is 22.8 Å². The fourth-order valence-corrected chi connectivity index (χ4v) is 7.80. The van der Waals surface area contributed by atoms with E-state index in [1.54, 1.807) is 0 Å². The van der Waals surface area contributed by atoms with Crippen LogP contribution in [0.25, 0.3) is 0 Å². The van der Waals surface area contributed by atoms with Crippen LogP contribution in [0.4, 0.5) is 13.2 Å². The topological polar surface area (TPSA) is 89.4 Å². The Morgan fingerprint density at radius 1 is 0.912 bits per heavy atom. The molecular formula is C26H32F3N3O2. The summed E-state index contributed by atoms with van der Waals surface area (Å²) in [6.07, 6.45) is 9.24. The maximum Gasteiger partial charge on any atom is 0.225 e. The number of carbonyl (C=O) groups excluding carboxylic acids is 2. The van der Waals surface area contributed by atoms with Crippen LogP contribution in [0.3, 0.4) is 0 Å². The molecule has 0 unspecified atom stereocenters. The smallest absolute Gasteiger partial charge is 0.225 e. The number of benzene rings is 1. The highest BCUT2D eigenvalue weighted by atomic mass is 19.1. The van der Waals surface area contributed by atoms with Crippen molar-refractivity contribution in [1.82, 2.24) is 4.90 Å². The quantitative estimate of drug-likeness (QED) is 0.424. The Morgan fingerprint density at radius 2 is 1.47 bits per heavy atom. The van der Waals surface area contributed by atoms with Gasteiger partial charge in [-0.05, 0) is 81.8 Å². The minimum absolute atomic E-state index is 0.298. The van der Waals surface area contributed by atoms with Crippen LogP contribution in [0.15, 0.2) is 24.3 Å². The number of halogens is 3. The van der Waals surface area contributed by atoms with E-state index in [4.69, 9.17) is 11.5 Å². The number of unbranched alkanes of at least 4 members (excludes halogenated alkanes) is 1. The van der Waals surface area contributed by atoms with Crippen LogP contribution in [0.5, 0.6) is 0 Å². The molecule has 3 aliphatic carbocycles. The van der Waals surface area contributed by atoms with E-state index in [0.29, 0.717) is 25.0 Å². The molecule has 3 fully saturated rings. The first kappa shape index (κ1) is 23.4. The number of hydrogen-bond donors (Lipinski definition) is 2. The minimum atomic E-state index is -1.57. The summed E-state index contributed by atoms with van der Waals surface area (Å²) in [5.74, 6) is -5.34. The Balaban J connectivity index is 1.55. The van der Waals surface area contributed by atoms with E-state index in [-0.39, 0.29) is 11.3 Å². The van der Waals surface area contributed by atoms with Gasteiger partial charge in [0.15, 0.2) is 0 Å². The van der Waals surface area contributed by atoms with Crippen LogP contribution in [0.1, 0.15) is 50.5 Å². The molecular weight excluding hydrogens is 443 g/mol. The van der Waals surface area contributed by atoms with Crippen LogP contribution in [0, 0.1) is 45.5 Å². The molecule has 1 aromatic rings. The summed E-state index contributed by atoms with van der Waals surface area (Å²) < 4.78 is 43.2. The molecule has 1 heterocycles. The number of nitrogens with two attached hydrogens (primary N) is 2. The third-order valence-corrected chi connectivity index (χ3v) is 9.35. The molecule has 0 aromatic heterocycles. The zero-order chi connectivity index (χ0) is 24.3. The average molecular weight is 476 g/mol. The third-order valence-electron chi connectivity index (χ3n) is 9.35. The van der Waals surface area contributed by atoms with Crippen molar-refractivity contribution in [1.29, 1.82) is 0 Å². The lowest BCUT2D eigenvalue weighted by Gasteiger charge is -2.48. The van der Waals surface area contributed by atoms with Gasteiger partial charge in [0.1, 0.15) is 17.5 Å². The van der Waals surface area contributed by atoms with E-state index in [9.17, 15) is 22.8 Å². The second kappa shape index (κ2) is 8.11. The van der Waals surface area contributed by atoms with E-state index in [2.05, 4.69) is 4.90 Å². The van der Waals surface area contributed by atoms with Gasteiger partial charge in [-0.15, -0.1) is 0 Å². The minimum Gasteiger partial charge on any atom is -0.369 e. The summed E-state index contributed by atoms with van der Waals surface area (Å²) in [6.45, 7) is 3.02. The highest BCUT2D eigenvalue weighted by Crippen LogP contribution is 2.81. The molecule has 1 saturated heterocycles. The number of primary amides is 2. The van der Waals surface area contributed by atoms with Crippen LogP contribution in [-0.2, 0) is 16.0 Å². The van der Waals surface area contributed by atoms with E-state index >= 15 is 0 Å². The van der Waals surface area contributed by atoms with Gasteiger partial charge >= 0.3 is 0 Å². The van der Waals surface area contributed by atoms with Gasteiger partial charge in [-0.1, -0.05) is 18.6 Å². The third kappa shape index (κ3) is 3.10. The molecule has 34 heavy (non-hydrogen) atoms. The normalized spacial score (nSPS) is 33.1. The molecule has 5 rings (SSSR count). The lowest BCUT2D eigenvalue weighted by Crippen LogP contribution is -2.60. The van der Waals surface area contributed by atoms with Gasteiger partial charge in [0, 0.05) is 17.7 Å². The maximum absolute atomic E-state index is 14.8. The van der Waals surface area contributed by atoms with E-state index < -0.39 is 58.0 Å². The van der Waals surface area contributed by atoms with Crippen molar-refractivity contribution in [2.75, 3.05) is 19.6 Å². The predicted octanol–water partition coefficient (Wildman–Crippen LogP) is 3.45. The van der Waals surface area contributed by atoms with Crippen molar-refractivity contribution in [3.8, 4) is 0 Å². The van der Waals surface area contributed by atoms with Gasteiger partial charge < -0.3 is 16.4 Å². The van der Waals surface area contributed by atoms with Gasteiger partial charge in [0.05, 0.1) is 10.8 Å². The molecule has 2 saturated carbocycles. The molecule has 4 N–H and O–H groups in total. The second-order valence-electron chi connectivity index (χ2n) is 10.8. The largest absolute Gasteiger partial charge is 0.369 e. The zero-order valence-corrected chi connectivity index (χ0v) is 19.3. The summed E-state index contributed by atoms with van der Waals surface area (Å²) in [7, 11) is 0. The number of likely N-dealkylation sites (tertiary alicyclic amines) is 1. The van der Waals surface area contributed by atoms with Crippen molar-refractivity contribution in [2.24, 2.45) is 39.5 Å². The summed E-state index contributed by atoms with van der Waals surface area (Å²) >= 11 is 0. The number of carbonyl (C=O) groups is 2. The Kier molecular flexibility index (Phi) is 5.58. The molecule has 4 aliphatic rings. The Bertz CT molecular complexity index is 1030. The number of hydrogen-bond acceptors (Lipinski definition) is 3. The molecule has 5 nitrogen and oxygen atoms in total. The summed E-state index contributed by atoms with van der Waals surface area (Å²) in [4.78, 5) is 29.1. The second-order valence-corrected chi connectivity index (χ2v) is 10.8. The molecule has 1 spiro atoms. The fourth-order valence-electron chi connectivity index (χ4n) is 7.80. The maximum atomic E-state index is 14.8. The summed E-state index contributed by atoms with van der Waals surface area (Å²) in [5.41, 5.74) is 8.50. The first-order valence-corrected chi connectivity index (χ1v) is 12.3. The van der Waals surface area contributed by atoms with Gasteiger partial charge in [-0.2, -0.15) is 0 Å². The van der Waals surface area contributed by atoms with Gasteiger partial charge in [-0.25, -0.2) is 13.2 Å². The molecule has 4 atom stereocenters. The molecule has 1 aromatic carbocycles. The van der Waals surface area contributed by atoms with Crippen LogP contribution in [0.2, 0.25) is 0 Å². The first-order chi connectivity index (χ1) is 16.2. The van der Waals surface area contributed by atoms with E-state index in [0.717, 1.165) is 38.9 Å². The molecule has 8 heteroatoms. The zero-order valence-electron chi connectivity index (χ0n) is 19.3. The first-order valence-electron chi connectivity index (χ1n) is 12.3. The lowest BCUT2D eigenvalue weighted by molar-refractivity contribution is -0.151. The van der Waals surface area contributed by atoms with Crippen molar-refractivity contribution >= 4 is 11.8 Å². The number of amides is 2. The summed E-state index contributed by atoms with van der Waals surface area (Å²) in [6, 6.07) is 1.20. The van der Waals surface area contributed by atoms with Gasteiger partial charge in [0.25, 0.3) is 0 Å². The molecule has 1 aliphatic heterocycles. The van der Waals surface area contributed by atoms with Crippen LogP contribution in [-0.4, -0.2) is 36.3 Å². The Labute approximate surface area is 197 Å². The number of rotatable bonds is 9. The van der Waals surface area contributed by atoms with Crippen LogP contribution < -0.4 is 11.5 Å². The van der Waals surface area contributed by atoms with Gasteiger partial charge in [-0.3, -0.25) is 9.59 Å². The summed E-state index contributed by atoms with van der Waals surface area (Å²) in [5, 5.41) is 0. The predicted molar refractivity (Wildman–Crippen MR) is 121 cm³/mol. The highest BCUT2D eigenvalue weighted by molar-refractivity contribution is 5.95. The molecule has 2 amide bonds. The average Bonchev–Trinajstić information content (AvgIpc) is 3.14. The van der Waals surface area contributed by atoms with Crippen molar-refractivity contribution in [3.63, 3.8) is 0 Å². The Hall–Kier alpha value is -2.35. The molecule has 184 valence electrons. The van der Waals surface area contributed by atoms with E-state index in [1.165, 1.54) is 12.8 Å². The highest BCUT2D eigenvalue weighted by Gasteiger charge is 2.82. The number of nitrogens with zero attached hydrogens (tertiary/aromatic N) is 1. The Morgan fingerprint density at radius 3 is 2.00 bits per heavy atom. The molecule has 0 radical (unpaired) electrons. The fraction of sp³-hybridized carbons (Fsp3) is 0.615. The van der Waals surface area contributed by atoms with Crippen molar-refractivity contribution in [2.45, 2.75) is 51.4 Å². The lowest BCUT2D eigenvalue weighted by atomic mass is 9.53. The SMILES string of the molecule is NC(=O)[C@]1(CCCCN2CCCC2)[C@@H]2C=C[C@@H](C23CC3)[C@@]1(Cc1c(F)cc(F)cc1F)C(N)=O. The van der Waals surface area contributed by atoms with E-state index in [1.807, 2.05) is 12.2 Å². The number of allylic oxidation sites excluding steroid dienone is 2. The van der Waals surface area contributed by atoms with Crippen molar-refractivity contribution in [3.05, 3.63) is 47.3 Å². The van der Waals surface area contributed by atoms with Gasteiger partial charge in [0.2, 0.25) is 11.8 Å². The molecule has 2 bridgehead atoms. The van der Waals surface area contributed by atoms with Crippen LogP contribution >= 0.6 is 0 Å². The monoisotopic (exact) mass is 475 g/mol. The standard InChI is InChI=1S/C26H32F3N3O2/c27-16-13-18(28)17(19(29)14-16)15-26(23(31)34)21-6-5-20(24(21)8-9-24)25(26,22(30)33)7-1-2-10-32-11-3-4-12-32/h5-6,13-14,20-21H,1-4,7-12,15H2,(H2,30,33)(H2,31,34)/t20-,21+,25+,26+/m1/s1.